The first-order valence-corrected chi connectivity index (χ1v) is 7.87. The number of rotatable bonds is 4. The van der Waals surface area contributed by atoms with Crippen LogP contribution >= 0.6 is 11.8 Å². The molecule has 1 aliphatic heterocycles. The fraction of sp³-hybridized carbons (Fsp3) is 0.778. The molecule has 0 spiro atoms. The number of aliphatic imine (C=N–C) groups is 1. The summed E-state index contributed by atoms with van der Waals surface area (Å²) < 4.78 is 23.3. The minimum Gasteiger partial charge on any atom is -0.304 e. The van der Waals surface area contributed by atoms with Gasteiger partial charge in [0.2, 0.25) is 5.91 Å². The van der Waals surface area contributed by atoms with E-state index in [1.807, 2.05) is 0 Å². The van der Waals surface area contributed by atoms with Crippen molar-refractivity contribution < 1.29 is 13.2 Å². The van der Waals surface area contributed by atoms with Crippen LogP contribution < -0.4 is 5.32 Å². The van der Waals surface area contributed by atoms with Crippen molar-refractivity contribution in [2.45, 2.75) is 25.5 Å². The third-order valence-electron chi connectivity index (χ3n) is 2.21. The first-order valence-electron chi connectivity index (χ1n) is 5.17. The highest BCUT2D eigenvalue weighted by molar-refractivity contribution is 8.14. The van der Waals surface area contributed by atoms with Gasteiger partial charge in [0.1, 0.15) is 5.25 Å². The lowest BCUT2D eigenvalue weighted by molar-refractivity contribution is -0.118. The number of nitrogens with zero attached hydrogens (tertiary/aromatic N) is 1. The first-order chi connectivity index (χ1) is 7.47. The van der Waals surface area contributed by atoms with Crippen LogP contribution in [-0.4, -0.2) is 42.8 Å². The average molecular weight is 264 g/mol. The van der Waals surface area contributed by atoms with Gasteiger partial charge in [-0.1, -0.05) is 18.7 Å². The second-order valence-electron chi connectivity index (χ2n) is 3.53. The van der Waals surface area contributed by atoms with Crippen molar-refractivity contribution in [2.75, 3.05) is 18.1 Å². The number of sulfone groups is 1. The molecule has 1 amide bonds. The van der Waals surface area contributed by atoms with Crippen LogP contribution in [0.15, 0.2) is 4.99 Å². The summed E-state index contributed by atoms with van der Waals surface area (Å²) in [6.45, 7) is 3.87. The maximum absolute atomic E-state index is 11.6. The van der Waals surface area contributed by atoms with Crippen molar-refractivity contribution in [3.05, 3.63) is 0 Å². The standard InChI is InChI=1S/C9H16N2O3S2/c1-3-6-16(13,14)7(2)8(12)11-9-10-4-5-15-9/h7H,3-6H2,1-2H3,(H,10,11,12)/t7-/m0/s1. The summed E-state index contributed by atoms with van der Waals surface area (Å²) in [4.78, 5) is 15.7. The van der Waals surface area contributed by atoms with Crippen molar-refractivity contribution in [2.24, 2.45) is 4.99 Å². The molecule has 0 aliphatic carbocycles. The Bertz CT molecular complexity index is 390. The van der Waals surface area contributed by atoms with E-state index in [4.69, 9.17) is 0 Å². The molecule has 0 unspecified atom stereocenters. The van der Waals surface area contributed by atoms with Gasteiger partial charge in [-0.2, -0.15) is 0 Å². The topological polar surface area (TPSA) is 75.6 Å². The van der Waals surface area contributed by atoms with Crippen LogP contribution in [0.2, 0.25) is 0 Å². The summed E-state index contributed by atoms with van der Waals surface area (Å²) in [6, 6.07) is 0. The van der Waals surface area contributed by atoms with Gasteiger partial charge < -0.3 is 5.32 Å². The molecule has 16 heavy (non-hydrogen) atoms. The molecule has 1 aliphatic rings. The molecule has 92 valence electrons. The molecule has 7 heteroatoms. The van der Waals surface area contributed by atoms with E-state index < -0.39 is 21.0 Å². The second kappa shape index (κ2) is 5.67. The highest BCUT2D eigenvalue weighted by Crippen LogP contribution is 2.10. The maximum Gasteiger partial charge on any atom is 0.243 e. The maximum atomic E-state index is 11.6. The van der Waals surface area contributed by atoms with Crippen LogP contribution in [0.3, 0.4) is 0 Å². The molecule has 5 nitrogen and oxygen atoms in total. The Kier molecular flexibility index (Phi) is 4.79. The van der Waals surface area contributed by atoms with Crippen LogP contribution in [0.1, 0.15) is 20.3 Å². The van der Waals surface area contributed by atoms with E-state index in [-0.39, 0.29) is 5.75 Å². The van der Waals surface area contributed by atoms with Gasteiger partial charge in [0, 0.05) is 5.75 Å². The highest BCUT2D eigenvalue weighted by atomic mass is 32.2. The van der Waals surface area contributed by atoms with E-state index in [0.29, 0.717) is 18.1 Å². The van der Waals surface area contributed by atoms with Gasteiger partial charge in [0.25, 0.3) is 0 Å². The number of carbonyl (C=O) groups excluding carboxylic acids is 1. The van der Waals surface area contributed by atoms with Crippen molar-refractivity contribution in [1.29, 1.82) is 0 Å². The fourth-order valence-corrected chi connectivity index (χ4v) is 3.28. The van der Waals surface area contributed by atoms with Gasteiger partial charge in [-0.25, -0.2) is 8.42 Å². The number of hydrogen-bond acceptors (Lipinski definition) is 5. The number of thioether (sulfide) groups is 1. The van der Waals surface area contributed by atoms with Crippen LogP contribution in [-0.2, 0) is 14.6 Å². The van der Waals surface area contributed by atoms with Crippen molar-refractivity contribution in [3.8, 4) is 0 Å². The molecular weight excluding hydrogens is 248 g/mol. The van der Waals surface area contributed by atoms with Crippen molar-refractivity contribution in [3.63, 3.8) is 0 Å². The molecule has 1 atom stereocenters. The molecule has 1 N–H and O–H groups in total. The molecule has 0 bridgehead atoms. The highest BCUT2D eigenvalue weighted by Gasteiger charge is 2.28. The zero-order chi connectivity index (χ0) is 12.2. The largest absolute Gasteiger partial charge is 0.304 e. The Morgan fingerprint density at radius 1 is 1.62 bits per heavy atom. The molecule has 1 rings (SSSR count). The van der Waals surface area contributed by atoms with E-state index >= 15 is 0 Å². The Labute approximate surface area is 100 Å². The van der Waals surface area contributed by atoms with Crippen molar-refractivity contribution in [1.82, 2.24) is 5.32 Å². The Hall–Kier alpha value is -0.560. The third-order valence-corrected chi connectivity index (χ3v) is 5.37. The molecule has 0 aromatic rings. The van der Waals surface area contributed by atoms with Gasteiger partial charge in [-0.05, 0) is 13.3 Å². The number of amides is 1. The molecule has 0 aromatic carbocycles. The second-order valence-corrected chi connectivity index (χ2v) is 7.06. The normalized spacial score (nSPS) is 18.0. The molecule has 0 saturated heterocycles. The smallest absolute Gasteiger partial charge is 0.243 e. The van der Waals surface area contributed by atoms with E-state index in [1.165, 1.54) is 18.7 Å². The van der Waals surface area contributed by atoms with Gasteiger partial charge in [-0.3, -0.25) is 9.79 Å². The van der Waals surface area contributed by atoms with E-state index in [1.54, 1.807) is 6.92 Å². The number of amidine groups is 1. The van der Waals surface area contributed by atoms with Crippen molar-refractivity contribution >= 4 is 32.7 Å². The van der Waals surface area contributed by atoms with Crippen LogP contribution in [0.5, 0.6) is 0 Å². The third kappa shape index (κ3) is 3.48. The summed E-state index contributed by atoms with van der Waals surface area (Å²) in [5.74, 6) is 0.397. The summed E-state index contributed by atoms with van der Waals surface area (Å²) in [5, 5.41) is 2.07. The zero-order valence-electron chi connectivity index (χ0n) is 9.39. The van der Waals surface area contributed by atoms with E-state index in [0.717, 1.165) is 5.75 Å². The number of carbonyl (C=O) groups is 1. The molecule has 0 saturated carbocycles. The van der Waals surface area contributed by atoms with Crippen LogP contribution in [0.4, 0.5) is 0 Å². The summed E-state index contributed by atoms with van der Waals surface area (Å²) in [5.41, 5.74) is 0. The molecular formula is C9H16N2O3S2. The molecule has 0 fully saturated rings. The predicted octanol–water partition coefficient (Wildman–Crippen LogP) is 0.419. The van der Waals surface area contributed by atoms with Crippen LogP contribution in [0.25, 0.3) is 0 Å². The Morgan fingerprint density at radius 3 is 2.81 bits per heavy atom. The lowest BCUT2D eigenvalue weighted by atomic mass is 10.4. The Morgan fingerprint density at radius 2 is 2.31 bits per heavy atom. The lowest BCUT2D eigenvalue weighted by Gasteiger charge is -2.11. The Balaban J connectivity index is 2.59. The zero-order valence-corrected chi connectivity index (χ0v) is 11.0. The quantitative estimate of drug-likeness (QED) is 0.798. The number of hydrogen-bond donors (Lipinski definition) is 1. The van der Waals surface area contributed by atoms with E-state index in [9.17, 15) is 13.2 Å². The fourth-order valence-electron chi connectivity index (χ4n) is 1.24. The van der Waals surface area contributed by atoms with Crippen LogP contribution in [0, 0.1) is 0 Å². The van der Waals surface area contributed by atoms with E-state index in [2.05, 4.69) is 10.3 Å². The first kappa shape index (κ1) is 13.5. The summed E-state index contributed by atoms with van der Waals surface area (Å²) >= 11 is 1.44. The monoisotopic (exact) mass is 264 g/mol. The molecule has 1 heterocycles. The minimum absolute atomic E-state index is 0.0429. The lowest BCUT2D eigenvalue weighted by Crippen LogP contribution is -2.40. The molecule has 0 radical (unpaired) electrons. The molecule has 0 aromatic heterocycles. The predicted molar refractivity (Wildman–Crippen MR) is 66.4 cm³/mol. The van der Waals surface area contributed by atoms with Gasteiger partial charge in [0.05, 0.1) is 12.3 Å². The SMILES string of the molecule is CCCS(=O)(=O)[C@@H](C)C(=O)NC1=NCCS1. The van der Waals surface area contributed by atoms with Gasteiger partial charge >= 0.3 is 0 Å². The average Bonchev–Trinajstić information content (AvgIpc) is 2.69. The van der Waals surface area contributed by atoms with Gasteiger partial charge in [-0.15, -0.1) is 0 Å². The minimum atomic E-state index is -3.33. The summed E-state index contributed by atoms with van der Waals surface area (Å²) in [6.07, 6.45) is 0.523. The van der Waals surface area contributed by atoms with Gasteiger partial charge in [0.15, 0.2) is 15.0 Å². The number of nitrogens with one attached hydrogen (secondary N) is 1. The summed E-state index contributed by atoms with van der Waals surface area (Å²) in [7, 11) is -3.33.